The van der Waals surface area contributed by atoms with Gasteiger partial charge in [0, 0.05) is 6.42 Å². The van der Waals surface area contributed by atoms with Crippen LogP contribution in [0.3, 0.4) is 0 Å². The fourth-order valence-corrected chi connectivity index (χ4v) is 1.86. The molecule has 0 atom stereocenters. The number of carbonyl (C=O) groups is 2. The minimum absolute atomic E-state index is 0.00231. The fraction of sp³-hybridized carbons (Fsp3) is 0.846. The Morgan fingerprint density at radius 1 is 1.17 bits per heavy atom. The summed E-state index contributed by atoms with van der Waals surface area (Å²) in [6.45, 7) is 6.09. The van der Waals surface area contributed by atoms with Gasteiger partial charge < -0.3 is 9.47 Å². The van der Waals surface area contributed by atoms with E-state index in [1.54, 1.807) is 6.92 Å². The summed E-state index contributed by atoms with van der Waals surface area (Å²) in [5, 5.41) is 0. The highest BCUT2D eigenvalue weighted by molar-refractivity contribution is 5.76. The van der Waals surface area contributed by atoms with E-state index < -0.39 is 0 Å². The van der Waals surface area contributed by atoms with E-state index in [2.05, 4.69) is 4.74 Å². The molecular weight excluding hydrogens is 234 g/mol. The van der Waals surface area contributed by atoms with Crippen LogP contribution in [0.4, 0.5) is 0 Å². The molecule has 0 saturated heterocycles. The molecule has 1 aliphatic rings. The summed E-state index contributed by atoms with van der Waals surface area (Å²) < 4.78 is 9.32. The van der Waals surface area contributed by atoms with E-state index in [-0.39, 0.29) is 24.1 Å². The van der Waals surface area contributed by atoms with Crippen LogP contribution in [0.25, 0.3) is 0 Å². The van der Waals surface area contributed by atoms with Gasteiger partial charge in [0.25, 0.3) is 0 Å². The third-order valence-electron chi connectivity index (χ3n) is 3.01. The molecule has 0 bridgehead atoms. The van der Waals surface area contributed by atoms with Crippen molar-refractivity contribution in [1.82, 2.24) is 0 Å². The van der Waals surface area contributed by atoms with Crippen LogP contribution >= 0.6 is 0 Å². The molecule has 0 aromatic rings. The number of esters is 2. The maximum absolute atomic E-state index is 11.3. The molecule has 0 aliphatic heterocycles. The number of nitrogens with two attached hydrogens (primary N) is 1. The lowest BCUT2D eigenvalue weighted by Gasteiger charge is -2.20. The zero-order valence-corrected chi connectivity index (χ0v) is 11.7. The molecule has 106 valence electrons. The van der Waals surface area contributed by atoms with Crippen LogP contribution in [0, 0.1) is 5.41 Å². The second-order valence-corrected chi connectivity index (χ2v) is 4.52. The van der Waals surface area contributed by atoms with Crippen molar-refractivity contribution in [2.45, 2.75) is 52.9 Å². The van der Waals surface area contributed by atoms with Crippen molar-refractivity contribution in [3.05, 3.63) is 0 Å². The Morgan fingerprint density at radius 2 is 1.72 bits per heavy atom. The second kappa shape index (κ2) is 8.91. The number of hydrogen-bond acceptors (Lipinski definition) is 5. The van der Waals surface area contributed by atoms with Gasteiger partial charge in [-0.05, 0) is 26.7 Å². The van der Waals surface area contributed by atoms with Gasteiger partial charge in [-0.25, -0.2) is 0 Å². The molecule has 1 aliphatic carbocycles. The molecule has 2 N–H and O–H groups in total. The van der Waals surface area contributed by atoms with Gasteiger partial charge in [0.05, 0.1) is 12.0 Å². The Morgan fingerprint density at radius 3 is 2.06 bits per heavy atom. The summed E-state index contributed by atoms with van der Waals surface area (Å²) in [5.74, 6) is -0.250. The summed E-state index contributed by atoms with van der Waals surface area (Å²) in [5.41, 5.74) is 4.71. The predicted molar refractivity (Wildman–Crippen MR) is 68.6 cm³/mol. The molecule has 0 aromatic heterocycles. The quantitative estimate of drug-likeness (QED) is 0.617. The maximum Gasteiger partial charge on any atom is 0.311 e. The first-order valence-corrected chi connectivity index (χ1v) is 6.53. The van der Waals surface area contributed by atoms with Gasteiger partial charge in [-0.3, -0.25) is 15.3 Å². The van der Waals surface area contributed by atoms with E-state index in [4.69, 9.17) is 10.5 Å². The summed E-state index contributed by atoms with van der Waals surface area (Å²) in [6.07, 6.45) is 4.76. The fourth-order valence-electron chi connectivity index (χ4n) is 1.86. The van der Waals surface area contributed by atoms with E-state index in [0.717, 1.165) is 12.8 Å². The first kappa shape index (κ1) is 16.9. The largest absolute Gasteiger partial charge is 0.466 e. The monoisotopic (exact) mass is 259 g/mol. The lowest BCUT2D eigenvalue weighted by atomic mass is 9.89. The Kier molecular flexibility index (Phi) is 8.37. The highest BCUT2D eigenvalue weighted by atomic mass is 16.5. The van der Waals surface area contributed by atoms with Crippen LogP contribution in [0.15, 0.2) is 0 Å². The average molecular weight is 259 g/mol. The summed E-state index contributed by atoms with van der Waals surface area (Å²) in [4.78, 5) is 21.5. The molecule has 1 saturated carbocycles. The molecule has 0 amide bonds. The van der Waals surface area contributed by atoms with Crippen molar-refractivity contribution in [2.24, 2.45) is 11.1 Å². The molecule has 0 radical (unpaired) electrons. The molecule has 5 heteroatoms. The minimum Gasteiger partial charge on any atom is -0.466 e. The van der Waals surface area contributed by atoms with Gasteiger partial charge in [-0.2, -0.15) is 0 Å². The second-order valence-electron chi connectivity index (χ2n) is 4.52. The van der Waals surface area contributed by atoms with Crippen molar-refractivity contribution < 1.29 is 19.1 Å². The van der Waals surface area contributed by atoms with Crippen molar-refractivity contribution >= 4 is 11.9 Å². The summed E-state index contributed by atoms with van der Waals surface area (Å²) in [6, 6.07) is 0. The van der Waals surface area contributed by atoms with Gasteiger partial charge >= 0.3 is 11.9 Å². The summed E-state index contributed by atoms with van der Waals surface area (Å²) in [7, 11) is 0. The molecule has 0 heterocycles. The molecule has 0 unspecified atom stereocenters. The van der Waals surface area contributed by atoms with Gasteiger partial charge in [-0.1, -0.05) is 19.8 Å². The molecule has 1 rings (SSSR count). The number of rotatable bonds is 4. The zero-order valence-electron chi connectivity index (χ0n) is 11.7. The first-order chi connectivity index (χ1) is 8.50. The van der Waals surface area contributed by atoms with Gasteiger partial charge in [-0.15, -0.1) is 0 Å². The van der Waals surface area contributed by atoms with Crippen LogP contribution in [0.2, 0.25) is 0 Å². The van der Waals surface area contributed by atoms with Gasteiger partial charge in [0.2, 0.25) is 0 Å². The van der Waals surface area contributed by atoms with Crippen LogP contribution < -0.4 is 5.73 Å². The molecule has 5 nitrogen and oxygen atoms in total. The lowest BCUT2D eigenvalue weighted by molar-refractivity contribution is -0.154. The van der Waals surface area contributed by atoms with E-state index in [1.807, 2.05) is 13.8 Å². The molecule has 1 fully saturated rings. The maximum atomic E-state index is 11.3. The van der Waals surface area contributed by atoms with Gasteiger partial charge in [0.15, 0.2) is 0 Å². The smallest absolute Gasteiger partial charge is 0.311 e. The minimum atomic E-state index is -0.248. The van der Waals surface area contributed by atoms with Crippen molar-refractivity contribution in [3.8, 4) is 0 Å². The van der Waals surface area contributed by atoms with Crippen molar-refractivity contribution in [2.75, 3.05) is 13.3 Å². The summed E-state index contributed by atoms with van der Waals surface area (Å²) >= 11 is 0. The normalized spacial score (nSPS) is 16.4. The first-order valence-electron chi connectivity index (χ1n) is 6.53. The topological polar surface area (TPSA) is 78.6 Å². The predicted octanol–water partition coefficient (Wildman–Crippen LogP) is 1.99. The van der Waals surface area contributed by atoms with Crippen LogP contribution in [-0.4, -0.2) is 25.3 Å². The molecule has 0 aromatic carbocycles. The standard InChI is InChI=1S/C9H16O2.C4H9NO2/c1-3-11-8(10)9(2)6-4-5-7-9;1-2-4(6)7-3-5/h3-7H2,1-2H3;2-3,5H2,1H3. The average Bonchev–Trinajstić information content (AvgIpc) is 2.79. The Bertz CT molecular complexity index is 260. The Labute approximate surface area is 109 Å². The SMILES string of the molecule is CCC(=O)OCN.CCOC(=O)C1(C)CCCC1. The van der Waals surface area contributed by atoms with Crippen LogP contribution in [0.1, 0.15) is 52.9 Å². The third-order valence-corrected chi connectivity index (χ3v) is 3.01. The molecule has 18 heavy (non-hydrogen) atoms. The lowest BCUT2D eigenvalue weighted by Crippen LogP contribution is -2.26. The zero-order chi connectivity index (χ0) is 14.0. The van der Waals surface area contributed by atoms with E-state index in [1.165, 1.54) is 12.8 Å². The Hall–Kier alpha value is -1.10. The molecule has 0 spiro atoms. The van der Waals surface area contributed by atoms with E-state index in [0.29, 0.717) is 13.0 Å². The number of carbonyl (C=O) groups excluding carboxylic acids is 2. The van der Waals surface area contributed by atoms with Crippen molar-refractivity contribution in [3.63, 3.8) is 0 Å². The van der Waals surface area contributed by atoms with E-state index in [9.17, 15) is 9.59 Å². The van der Waals surface area contributed by atoms with Gasteiger partial charge in [0.1, 0.15) is 6.73 Å². The van der Waals surface area contributed by atoms with E-state index >= 15 is 0 Å². The molecular formula is C13H25NO4. The highest BCUT2D eigenvalue weighted by Gasteiger charge is 2.37. The highest BCUT2D eigenvalue weighted by Crippen LogP contribution is 2.38. The van der Waals surface area contributed by atoms with Crippen LogP contribution in [-0.2, 0) is 19.1 Å². The van der Waals surface area contributed by atoms with Crippen LogP contribution in [0.5, 0.6) is 0 Å². The number of hydrogen-bond donors (Lipinski definition) is 1. The van der Waals surface area contributed by atoms with Crippen molar-refractivity contribution in [1.29, 1.82) is 0 Å². The number of ether oxygens (including phenoxy) is 2. The third kappa shape index (κ3) is 6.00. The Balaban J connectivity index is 0.000000360.